The molecular formula is C11H24N2. The van der Waals surface area contributed by atoms with E-state index in [0.29, 0.717) is 17.5 Å². The summed E-state index contributed by atoms with van der Waals surface area (Å²) in [6.07, 6.45) is 2.80. The molecule has 2 heteroatoms. The minimum absolute atomic E-state index is 0.603. The molecule has 0 saturated heterocycles. The van der Waals surface area contributed by atoms with Crippen molar-refractivity contribution in [2.75, 3.05) is 20.6 Å². The van der Waals surface area contributed by atoms with Crippen LogP contribution in [0, 0.1) is 5.41 Å². The van der Waals surface area contributed by atoms with Gasteiger partial charge in [-0.05, 0) is 46.2 Å². The van der Waals surface area contributed by atoms with Crippen molar-refractivity contribution in [3.05, 3.63) is 0 Å². The van der Waals surface area contributed by atoms with Gasteiger partial charge in [-0.2, -0.15) is 0 Å². The standard InChI is InChI=1S/C11H24N2/c1-9(13(4)5)8-12-10(2)11(3)6-7-11/h9-10,12H,6-8H2,1-5H3. The average Bonchev–Trinajstić information content (AvgIpc) is 2.79. The van der Waals surface area contributed by atoms with E-state index < -0.39 is 0 Å². The quantitative estimate of drug-likeness (QED) is 0.700. The molecule has 2 nitrogen and oxygen atoms in total. The van der Waals surface area contributed by atoms with Crippen molar-refractivity contribution >= 4 is 0 Å². The van der Waals surface area contributed by atoms with Crippen LogP contribution in [-0.2, 0) is 0 Å². The Hall–Kier alpha value is -0.0800. The lowest BCUT2D eigenvalue weighted by atomic mass is 10.0. The third-order valence-electron chi connectivity index (χ3n) is 3.69. The van der Waals surface area contributed by atoms with Crippen LogP contribution in [0.25, 0.3) is 0 Å². The molecule has 0 heterocycles. The van der Waals surface area contributed by atoms with Gasteiger partial charge in [0.25, 0.3) is 0 Å². The van der Waals surface area contributed by atoms with Crippen molar-refractivity contribution in [3.8, 4) is 0 Å². The minimum Gasteiger partial charge on any atom is -0.312 e. The van der Waals surface area contributed by atoms with Crippen LogP contribution in [0.15, 0.2) is 0 Å². The molecule has 78 valence electrons. The molecule has 0 aromatic carbocycles. The number of likely N-dealkylation sites (N-methyl/N-ethyl adjacent to an activating group) is 1. The lowest BCUT2D eigenvalue weighted by molar-refractivity contribution is 0.276. The van der Waals surface area contributed by atoms with Gasteiger partial charge in [-0.15, -0.1) is 0 Å². The zero-order valence-corrected chi connectivity index (χ0v) is 9.72. The second-order valence-electron chi connectivity index (χ2n) is 5.10. The van der Waals surface area contributed by atoms with Gasteiger partial charge in [0.15, 0.2) is 0 Å². The van der Waals surface area contributed by atoms with E-state index in [1.807, 2.05) is 0 Å². The van der Waals surface area contributed by atoms with Crippen LogP contribution in [0.1, 0.15) is 33.6 Å². The number of hydrogen-bond acceptors (Lipinski definition) is 2. The molecule has 13 heavy (non-hydrogen) atoms. The molecule has 0 aliphatic heterocycles. The summed E-state index contributed by atoms with van der Waals surface area (Å²) in [5.74, 6) is 0. The molecule has 1 N–H and O–H groups in total. The number of rotatable bonds is 5. The third kappa shape index (κ3) is 2.96. The molecule has 0 aromatic heterocycles. The summed E-state index contributed by atoms with van der Waals surface area (Å²) < 4.78 is 0. The summed E-state index contributed by atoms with van der Waals surface area (Å²) in [4.78, 5) is 2.26. The molecule has 0 bridgehead atoms. The zero-order valence-electron chi connectivity index (χ0n) is 9.72. The van der Waals surface area contributed by atoms with Crippen molar-refractivity contribution < 1.29 is 0 Å². The van der Waals surface area contributed by atoms with Crippen LogP contribution in [0.5, 0.6) is 0 Å². The van der Waals surface area contributed by atoms with Crippen molar-refractivity contribution in [2.24, 2.45) is 5.41 Å². The van der Waals surface area contributed by atoms with Gasteiger partial charge in [0, 0.05) is 18.6 Å². The summed E-state index contributed by atoms with van der Waals surface area (Å²) in [5, 5.41) is 3.62. The topological polar surface area (TPSA) is 15.3 Å². The highest BCUT2D eigenvalue weighted by atomic mass is 15.1. The Balaban J connectivity index is 2.18. The van der Waals surface area contributed by atoms with Crippen LogP contribution in [0.2, 0.25) is 0 Å². The Morgan fingerprint density at radius 1 is 1.31 bits per heavy atom. The maximum Gasteiger partial charge on any atom is 0.0186 e. The second-order valence-corrected chi connectivity index (χ2v) is 5.10. The largest absolute Gasteiger partial charge is 0.312 e. The molecule has 0 amide bonds. The van der Waals surface area contributed by atoms with Gasteiger partial charge in [0.1, 0.15) is 0 Å². The molecule has 0 aromatic rings. The summed E-state index contributed by atoms with van der Waals surface area (Å²) >= 11 is 0. The molecule has 0 radical (unpaired) electrons. The fourth-order valence-electron chi connectivity index (χ4n) is 1.41. The molecular weight excluding hydrogens is 160 g/mol. The van der Waals surface area contributed by atoms with Crippen molar-refractivity contribution in [2.45, 2.75) is 45.7 Å². The second kappa shape index (κ2) is 3.97. The summed E-state index contributed by atoms with van der Waals surface area (Å²) in [6.45, 7) is 8.05. The minimum atomic E-state index is 0.603. The van der Waals surface area contributed by atoms with E-state index in [9.17, 15) is 0 Å². The van der Waals surface area contributed by atoms with Gasteiger partial charge < -0.3 is 10.2 Å². The zero-order chi connectivity index (χ0) is 10.1. The number of nitrogens with zero attached hydrogens (tertiary/aromatic N) is 1. The van der Waals surface area contributed by atoms with Crippen LogP contribution in [-0.4, -0.2) is 37.6 Å². The molecule has 0 spiro atoms. The number of nitrogens with one attached hydrogen (secondary N) is 1. The van der Waals surface area contributed by atoms with E-state index in [0.717, 1.165) is 6.54 Å². The first-order valence-corrected chi connectivity index (χ1v) is 5.35. The Labute approximate surface area is 82.7 Å². The maximum atomic E-state index is 3.62. The third-order valence-corrected chi connectivity index (χ3v) is 3.69. The van der Waals surface area contributed by atoms with Crippen LogP contribution >= 0.6 is 0 Å². The number of hydrogen-bond donors (Lipinski definition) is 1. The highest BCUT2D eigenvalue weighted by Crippen LogP contribution is 2.47. The van der Waals surface area contributed by atoms with Gasteiger partial charge >= 0.3 is 0 Å². The highest BCUT2D eigenvalue weighted by Gasteiger charge is 2.42. The van der Waals surface area contributed by atoms with E-state index in [-0.39, 0.29) is 0 Å². The van der Waals surface area contributed by atoms with Gasteiger partial charge in [-0.3, -0.25) is 0 Å². The summed E-state index contributed by atoms with van der Waals surface area (Å²) in [5.41, 5.74) is 0.603. The van der Waals surface area contributed by atoms with Crippen molar-refractivity contribution in [3.63, 3.8) is 0 Å². The first-order valence-electron chi connectivity index (χ1n) is 5.35. The van der Waals surface area contributed by atoms with Gasteiger partial charge in [-0.1, -0.05) is 6.92 Å². The highest BCUT2D eigenvalue weighted by molar-refractivity contribution is 4.96. The van der Waals surface area contributed by atoms with Crippen LogP contribution in [0.3, 0.4) is 0 Å². The Morgan fingerprint density at radius 3 is 2.23 bits per heavy atom. The van der Waals surface area contributed by atoms with Crippen LogP contribution in [0.4, 0.5) is 0 Å². The van der Waals surface area contributed by atoms with Crippen LogP contribution < -0.4 is 5.32 Å². The molecule has 1 aliphatic rings. The molecule has 1 aliphatic carbocycles. The molecule has 2 unspecified atom stereocenters. The molecule has 1 rings (SSSR count). The van der Waals surface area contributed by atoms with E-state index in [1.165, 1.54) is 12.8 Å². The normalized spacial score (nSPS) is 24.5. The van der Waals surface area contributed by atoms with E-state index >= 15 is 0 Å². The van der Waals surface area contributed by atoms with Gasteiger partial charge in [0.2, 0.25) is 0 Å². The first kappa shape index (κ1) is 11.0. The predicted molar refractivity (Wildman–Crippen MR) is 58.0 cm³/mol. The van der Waals surface area contributed by atoms with Crippen molar-refractivity contribution in [1.82, 2.24) is 10.2 Å². The summed E-state index contributed by atoms with van der Waals surface area (Å²) in [6, 6.07) is 1.31. The Bertz CT molecular complexity index is 161. The van der Waals surface area contributed by atoms with E-state index in [2.05, 4.69) is 45.1 Å². The molecule has 2 atom stereocenters. The average molecular weight is 184 g/mol. The fourth-order valence-corrected chi connectivity index (χ4v) is 1.41. The molecule has 1 saturated carbocycles. The van der Waals surface area contributed by atoms with Gasteiger partial charge in [-0.25, -0.2) is 0 Å². The predicted octanol–water partition coefficient (Wildman–Crippen LogP) is 1.71. The van der Waals surface area contributed by atoms with E-state index in [1.54, 1.807) is 0 Å². The lowest BCUT2D eigenvalue weighted by Crippen LogP contribution is -2.42. The lowest BCUT2D eigenvalue weighted by Gasteiger charge is -2.25. The summed E-state index contributed by atoms with van der Waals surface area (Å²) in [7, 11) is 4.27. The van der Waals surface area contributed by atoms with E-state index in [4.69, 9.17) is 0 Å². The Kier molecular flexibility index (Phi) is 3.36. The fraction of sp³-hybridized carbons (Fsp3) is 1.00. The first-order chi connectivity index (χ1) is 5.96. The SMILES string of the molecule is CC(CNC(C)C1(C)CC1)N(C)C. The maximum absolute atomic E-state index is 3.62. The molecule has 1 fully saturated rings. The monoisotopic (exact) mass is 184 g/mol. The Morgan fingerprint density at radius 2 is 1.85 bits per heavy atom. The smallest absolute Gasteiger partial charge is 0.0186 e. The van der Waals surface area contributed by atoms with Gasteiger partial charge in [0.05, 0.1) is 0 Å². The van der Waals surface area contributed by atoms with Crippen molar-refractivity contribution in [1.29, 1.82) is 0 Å².